The quantitative estimate of drug-likeness (QED) is 0.151. The van der Waals surface area contributed by atoms with E-state index < -0.39 is 63.0 Å². The minimum absolute atomic E-state index is 0.0214. The number of amides is 1. The van der Waals surface area contributed by atoms with Gasteiger partial charge in [0.25, 0.3) is 0 Å². The molecule has 53 heavy (non-hydrogen) atoms. The number of carbonyl (C=O) groups is 3. The summed E-state index contributed by atoms with van der Waals surface area (Å²) in [6.07, 6.45) is 3.63. The van der Waals surface area contributed by atoms with E-state index in [4.69, 9.17) is 34.8 Å². The Balaban J connectivity index is 1.41. The molecule has 1 spiro atoms. The van der Waals surface area contributed by atoms with Gasteiger partial charge in [-0.3, -0.25) is 14.4 Å². The Morgan fingerprint density at radius 3 is 2.51 bits per heavy atom. The molecule has 1 amide bonds. The van der Waals surface area contributed by atoms with Gasteiger partial charge in [0.05, 0.1) is 26.2 Å². The largest absolute Gasteiger partial charge is 0.507 e. The van der Waals surface area contributed by atoms with E-state index >= 15 is 0 Å². The molecule has 280 valence electrons. The zero-order valence-electron chi connectivity index (χ0n) is 29.3. The highest BCUT2D eigenvalue weighted by molar-refractivity contribution is 7.98. The molecule has 1 aliphatic heterocycles. The van der Waals surface area contributed by atoms with Crippen LogP contribution in [0.5, 0.6) is 17.2 Å². The first-order valence-electron chi connectivity index (χ1n) is 16.4. The van der Waals surface area contributed by atoms with Gasteiger partial charge in [-0.05, 0) is 42.5 Å². The van der Waals surface area contributed by atoms with E-state index in [0.29, 0.717) is 11.3 Å². The van der Waals surface area contributed by atoms with Crippen molar-refractivity contribution in [2.75, 3.05) is 32.5 Å². The number of hydrogen-bond donors (Lipinski definition) is 2. The molecule has 2 aromatic carbocycles. The highest BCUT2D eigenvalue weighted by Gasteiger charge is 2.61. The fraction of sp³-hybridized carbons (Fsp3) is 0.361. The number of furan rings is 1. The number of benzene rings is 2. The molecule has 0 saturated carbocycles. The van der Waals surface area contributed by atoms with E-state index in [9.17, 15) is 27.9 Å². The minimum atomic E-state index is -3.48. The van der Waals surface area contributed by atoms with Gasteiger partial charge in [0.2, 0.25) is 29.0 Å². The van der Waals surface area contributed by atoms with E-state index in [-0.39, 0.29) is 63.7 Å². The van der Waals surface area contributed by atoms with Gasteiger partial charge in [-0.2, -0.15) is 4.98 Å². The van der Waals surface area contributed by atoms with Crippen LogP contribution in [0.15, 0.2) is 73.9 Å². The van der Waals surface area contributed by atoms with Gasteiger partial charge >= 0.3 is 0 Å². The highest BCUT2D eigenvalue weighted by Crippen LogP contribution is 2.55. The summed E-state index contributed by atoms with van der Waals surface area (Å²) in [7, 11) is -0.736. The van der Waals surface area contributed by atoms with Crippen LogP contribution in [0.4, 0.5) is 0 Å². The van der Waals surface area contributed by atoms with Crippen LogP contribution < -0.4 is 19.5 Å². The molecule has 4 atom stereocenters. The van der Waals surface area contributed by atoms with E-state index in [0.717, 1.165) is 11.2 Å². The number of sulfone groups is 1. The summed E-state index contributed by atoms with van der Waals surface area (Å²) in [4.78, 5) is 47.7. The van der Waals surface area contributed by atoms with E-state index in [1.807, 2.05) is 18.4 Å². The summed E-state index contributed by atoms with van der Waals surface area (Å²) in [5, 5.41) is 18.9. The predicted molar refractivity (Wildman–Crippen MR) is 193 cm³/mol. The number of fused-ring (bicyclic) bond motifs is 1. The maximum absolute atomic E-state index is 14.4. The molecule has 0 bridgehead atoms. The SMILES string of the molecule is COc1cc(OC)c2c(c1Cl)OC1(C2=O)C(O)=C(C(CC(=O)NC(CCS(C)(=O)=O)c2nc(-c3ccco3)no2)c2ccc(SC)cc2)C(=O)CC1C. The lowest BCUT2D eigenvalue weighted by molar-refractivity contribution is -0.122. The molecule has 2 aliphatic rings. The third-order valence-electron chi connectivity index (χ3n) is 9.36. The van der Waals surface area contributed by atoms with Crippen molar-refractivity contribution in [3.8, 4) is 28.8 Å². The number of methoxy groups -OCH3 is 2. The summed E-state index contributed by atoms with van der Waals surface area (Å²) in [5.41, 5.74) is -1.80. The van der Waals surface area contributed by atoms with Gasteiger partial charge in [-0.15, -0.1) is 11.8 Å². The number of allylic oxidation sites excluding steroid dienone is 1. The lowest BCUT2D eigenvalue weighted by Gasteiger charge is -2.38. The van der Waals surface area contributed by atoms with Gasteiger partial charge in [-0.25, -0.2) is 8.42 Å². The number of hydrogen-bond acceptors (Lipinski definition) is 14. The maximum atomic E-state index is 14.4. The smallest absolute Gasteiger partial charge is 0.249 e. The average molecular weight is 786 g/mol. The predicted octanol–water partition coefficient (Wildman–Crippen LogP) is 5.92. The van der Waals surface area contributed by atoms with E-state index in [2.05, 4.69) is 15.5 Å². The van der Waals surface area contributed by atoms with E-state index in [1.54, 1.807) is 31.2 Å². The fourth-order valence-corrected chi connectivity index (χ4v) is 8.01. The van der Waals surface area contributed by atoms with Crippen LogP contribution in [-0.4, -0.2) is 79.2 Å². The molecule has 0 fully saturated rings. The van der Waals surface area contributed by atoms with Crippen LogP contribution in [0.2, 0.25) is 5.02 Å². The second-order valence-electron chi connectivity index (χ2n) is 12.8. The number of halogens is 1. The molecule has 1 aliphatic carbocycles. The Labute approximate surface area is 314 Å². The molecule has 4 unspecified atom stereocenters. The number of Topliss-reactive ketones (excluding diaryl/α,β-unsaturated/α-hetero) is 2. The number of nitrogens with one attached hydrogen (secondary N) is 1. The normalized spacial score (nSPS) is 19.5. The van der Waals surface area contributed by atoms with Crippen LogP contribution >= 0.6 is 23.4 Å². The third kappa shape index (κ3) is 7.14. The number of nitrogens with zero attached hydrogens (tertiary/aromatic N) is 2. The Morgan fingerprint density at radius 1 is 1.17 bits per heavy atom. The van der Waals surface area contributed by atoms with Crippen molar-refractivity contribution in [1.82, 2.24) is 15.5 Å². The third-order valence-corrected chi connectivity index (χ3v) is 11.4. The summed E-state index contributed by atoms with van der Waals surface area (Å²) >= 11 is 8.10. The first-order chi connectivity index (χ1) is 25.2. The monoisotopic (exact) mass is 785 g/mol. The molecule has 17 heteroatoms. The summed E-state index contributed by atoms with van der Waals surface area (Å²) in [6.45, 7) is 1.61. The van der Waals surface area contributed by atoms with Gasteiger partial charge in [0.15, 0.2) is 23.1 Å². The molecular weight excluding hydrogens is 750 g/mol. The standard InChI is InChI=1S/C36H36ClN3O11S2/c1-18-15-23(41)28(32(43)36(18)33(44)29-25(47-2)17-26(48-3)30(37)31(29)50-36)21(19-8-10-20(52-4)11-9-19)16-27(42)38-22(12-14-53(5,45)46)35-39-34(40-51-35)24-7-6-13-49-24/h6-11,13,17-18,21-22,43H,12,14-16H2,1-5H3,(H,38,42). The van der Waals surface area contributed by atoms with E-state index in [1.165, 1.54) is 38.3 Å². The van der Waals surface area contributed by atoms with Crippen molar-refractivity contribution in [2.45, 2.75) is 48.6 Å². The number of thioether (sulfide) groups is 1. The molecular formula is C36H36ClN3O11S2. The van der Waals surface area contributed by atoms with Gasteiger partial charge in [-0.1, -0.05) is 35.8 Å². The molecule has 3 heterocycles. The number of aliphatic hydroxyl groups is 1. The molecule has 6 rings (SSSR count). The molecule has 4 aromatic rings. The number of aliphatic hydroxyl groups excluding tert-OH is 1. The Kier molecular flexibility index (Phi) is 10.7. The Hall–Kier alpha value is -4.80. The molecule has 2 aromatic heterocycles. The minimum Gasteiger partial charge on any atom is -0.507 e. The molecule has 0 saturated heterocycles. The number of rotatable bonds is 13. The van der Waals surface area contributed by atoms with Crippen LogP contribution in [-0.2, 0) is 19.4 Å². The maximum Gasteiger partial charge on any atom is 0.249 e. The fourth-order valence-electron chi connectivity index (χ4n) is 6.67. The van der Waals surface area contributed by atoms with Gasteiger partial charge in [0.1, 0.15) is 38.0 Å². The molecule has 14 nitrogen and oxygen atoms in total. The Morgan fingerprint density at radius 2 is 1.89 bits per heavy atom. The van der Waals surface area contributed by atoms with Crippen LogP contribution in [0.1, 0.15) is 60.0 Å². The topological polar surface area (TPSA) is 197 Å². The summed E-state index contributed by atoms with van der Waals surface area (Å²) in [5.74, 6) is -4.22. The van der Waals surface area contributed by atoms with Crippen LogP contribution in [0.25, 0.3) is 11.6 Å². The van der Waals surface area contributed by atoms with Crippen molar-refractivity contribution >= 4 is 50.7 Å². The number of carbonyl (C=O) groups excluding carboxylic acids is 3. The van der Waals surface area contributed by atoms with Crippen LogP contribution in [0.3, 0.4) is 0 Å². The average Bonchev–Trinajstić information content (AvgIpc) is 3.90. The lowest BCUT2D eigenvalue weighted by atomic mass is 9.69. The first-order valence-corrected chi connectivity index (χ1v) is 20.0. The van der Waals surface area contributed by atoms with Crippen LogP contribution in [0, 0.1) is 5.92 Å². The van der Waals surface area contributed by atoms with Crippen molar-refractivity contribution in [3.05, 3.63) is 82.1 Å². The second-order valence-corrected chi connectivity index (χ2v) is 16.3. The van der Waals surface area contributed by atoms with Crippen molar-refractivity contribution in [1.29, 1.82) is 0 Å². The van der Waals surface area contributed by atoms with Gasteiger partial charge < -0.3 is 33.6 Å². The number of aromatic nitrogens is 2. The Bertz CT molecular complexity index is 2200. The summed E-state index contributed by atoms with van der Waals surface area (Å²) < 4.78 is 52.3. The lowest BCUT2D eigenvalue weighted by Crippen LogP contribution is -2.53. The molecule has 2 N–H and O–H groups in total. The number of ketones is 2. The second kappa shape index (κ2) is 14.9. The zero-order chi connectivity index (χ0) is 38.2. The zero-order valence-corrected chi connectivity index (χ0v) is 31.7. The van der Waals surface area contributed by atoms with Crippen molar-refractivity contribution < 1.29 is 51.1 Å². The van der Waals surface area contributed by atoms with Crippen molar-refractivity contribution in [3.63, 3.8) is 0 Å². The van der Waals surface area contributed by atoms with Gasteiger partial charge in [0, 0.05) is 47.5 Å². The highest BCUT2D eigenvalue weighted by atomic mass is 35.5. The summed E-state index contributed by atoms with van der Waals surface area (Å²) in [6, 6.07) is 10.7. The first kappa shape index (κ1) is 37.9. The van der Waals surface area contributed by atoms with Crippen molar-refractivity contribution in [2.24, 2.45) is 5.92 Å². The number of ether oxygens (including phenoxy) is 3. The molecule has 0 radical (unpaired) electrons.